The second kappa shape index (κ2) is 14.7. The number of hydrogen-bond acceptors (Lipinski definition) is 8. The summed E-state index contributed by atoms with van der Waals surface area (Å²) >= 11 is 0. The van der Waals surface area contributed by atoms with Crippen LogP contribution in [-0.4, -0.2) is 81.5 Å². The molecule has 10 atom stereocenters. The summed E-state index contributed by atoms with van der Waals surface area (Å²) in [4.78, 5) is 14.2. The lowest BCUT2D eigenvalue weighted by Gasteiger charge is -2.51. The highest BCUT2D eigenvalue weighted by atomic mass is 16.5. The molecule has 6 saturated heterocycles. The Morgan fingerprint density at radius 1 is 0.680 bits per heavy atom. The smallest absolute Gasteiger partial charge is 0.120 e. The topological polar surface area (TPSA) is 91.2 Å². The van der Waals surface area contributed by atoms with Crippen molar-refractivity contribution in [3.8, 4) is 11.5 Å². The molecule has 0 radical (unpaired) electrons. The van der Waals surface area contributed by atoms with Crippen molar-refractivity contribution >= 4 is 21.8 Å². The van der Waals surface area contributed by atoms with Crippen molar-refractivity contribution < 1.29 is 19.7 Å². The molecule has 2 aromatic carbocycles. The molecule has 6 fully saturated rings. The van der Waals surface area contributed by atoms with E-state index in [-0.39, 0.29) is 12.1 Å². The molecule has 0 amide bonds. The van der Waals surface area contributed by atoms with E-state index >= 15 is 0 Å². The van der Waals surface area contributed by atoms with Crippen molar-refractivity contribution in [2.24, 2.45) is 23.7 Å². The zero-order valence-corrected chi connectivity index (χ0v) is 29.8. The second-order valence-electron chi connectivity index (χ2n) is 15.5. The van der Waals surface area contributed by atoms with Crippen LogP contribution in [0.2, 0.25) is 0 Å². The fourth-order valence-corrected chi connectivity index (χ4v) is 9.93. The quantitative estimate of drug-likeness (QED) is 0.142. The normalized spacial score (nSPS) is 30.1. The molecule has 4 unspecified atom stereocenters. The Balaban J connectivity index is 0.858. The van der Waals surface area contributed by atoms with Crippen LogP contribution < -0.4 is 9.47 Å². The van der Waals surface area contributed by atoms with Gasteiger partial charge in [-0.05, 0) is 135 Å². The van der Waals surface area contributed by atoms with Crippen LogP contribution in [0.25, 0.3) is 21.8 Å². The monoisotopic (exact) mass is 678 g/mol. The van der Waals surface area contributed by atoms with Gasteiger partial charge in [0.25, 0.3) is 0 Å². The molecule has 0 spiro atoms. The Bertz CT molecular complexity index is 1650. The number of pyridine rings is 2. The van der Waals surface area contributed by atoms with Crippen molar-refractivity contribution in [1.29, 1.82) is 0 Å². The van der Waals surface area contributed by atoms with Gasteiger partial charge in [0.15, 0.2) is 0 Å². The fraction of sp³-hybridized carbons (Fsp3) is 0.571. The maximum atomic E-state index is 11.6. The van der Waals surface area contributed by atoms with E-state index in [1.807, 2.05) is 48.8 Å². The van der Waals surface area contributed by atoms with E-state index in [2.05, 4.69) is 45.7 Å². The minimum Gasteiger partial charge on any atom is -0.494 e. The first-order chi connectivity index (χ1) is 24.5. The van der Waals surface area contributed by atoms with E-state index in [4.69, 9.17) is 9.47 Å². The molecule has 4 bridgehead atoms. The zero-order chi connectivity index (χ0) is 34.2. The van der Waals surface area contributed by atoms with Gasteiger partial charge < -0.3 is 19.7 Å². The standard InChI is InChI=1S/C42H54N4O4/c1-3-27-25-45-17-13-29(27)21-39(45)41(47)33-11-15-43-37-9-7-31(23-35(33)37)49-19-5-6-20-50-32-8-10-38-36(24-32)34(12-16-44-38)42(48)40-22-30-14-18-46(40)26-28(30)4-2/h7-12,15-16,23-24,27-30,39-42,47-48H,3-6,13-14,17-22,25-26H2,1-2H3/t27-,28-,29-,30-,39-,40-,41?,42?/m0/s1. The van der Waals surface area contributed by atoms with Gasteiger partial charge in [-0.25, -0.2) is 0 Å². The van der Waals surface area contributed by atoms with Gasteiger partial charge in [-0.3, -0.25) is 19.8 Å². The molecular weight excluding hydrogens is 624 g/mol. The number of aliphatic hydroxyl groups excluding tert-OH is 2. The number of fused-ring (bicyclic) bond motifs is 8. The number of benzene rings is 2. The predicted molar refractivity (Wildman–Crippen MR) is 197 cm³/mol. The molecule has 266 valence electrons. The highest BCUT2D eigenvalue weighted by Crippen LogP contribution is 2.44. The molecule has 10 rings (SSSR count). The predicted octanol–water partition coefficient (Wildman–Crippen LogP) is 7.33. The molecule has 0 saturated carbocycles. The summed E-state index contributed by atoms with van der Waals surface area (Å²) in [6.07, 6.45) is 11.4. The summed E-state index contributed by atoms with van der Waals surface area (Å²) in [6.45, 7) is 10.1. The van der Waals surface area contributed by atoms with Gasteiger partial charge in [0.2, 0.25) is 0 Å². The second-order valence-corrected chi connectivity index (χ2v) is 15.5. The van der Waals surface area contributed by atoms with Gasteiger partial charge >= 0.3 is 0 Å². The SMILES string of the molecule is CC[C@H]1CN2CC[C@H]1C[C@H]2C(O)c1ccnc2ccc(OCCCCOc3ccc4nccc(C(O)[C@@H]5C[C@@H]6CCN5C[C@@H]6CC)c4c3)cc12. The summed E-state index contributed by atoms with van der Waals surface area (Å²) in [5, 5.41) is 25.2. The maximum Gasteiger partial charge on any atom is 0.120 e. The Kier molecular flexibility index (Phi) is 9.97. The number of aromatic nitrogens is 2. The van der Waals surface area contributed by atoms with Crippen LogP contribution in [0.15, 0.2) is 60.9 Å². The largest absolute Gasteiger partial charge is 0.494 e. The summed E-state index contributed by atoms with van der Waals surface area (Å²) < 4.78 is 12.4. The maximum absolute atomic E-state index is 11.6. The molecule has 8 heterocycles. The molecule has 6 aliphatic rings. The van der Waals surface area contributed by atoms with Crippen LogP contribution in [0.4, 0.5) is 0 Å². The van der Waals surface area contributed by atoms with Gasteiger partial charge in [-0.1, -0.05) is 26.7 Å². The first-order valence-corrected chi connectivity index (χ1v) is 19.4. The molecular formula is C42H54N4O4. The van der Waals surface area contributed by atoms with E-state index in [1.54, 1.807) is 0 Å². The zero-order valence-electron chi connectivity index (χ0n) is 29.8. The van der Waals surface area contributed by atoms with Gasteiger partial charge in [-0.15, -0.1) is 0 Å². The van der Waals surface area contributed by atoms with Crippen molar-refractivity contribution in [3.63, 3.8) is 0 Å². The van der Waals surface area contributed by atoms with Gasteiger partial charge in [0, 0.05) is 48.3 Å². The van der Waals surface area contributed by atoms with Crippen LogP contribution >= 0.6 is 0 Å². The molecule has 2 aromatic heterocycles. The lowest BCUT2D eigenvalue weighted by Crippen LogP contribution is -2.55. The average Bonchev–Trinajstić information content (AvgIpc) is 3.18. The van der Waals surface area contributed by atoms with E-state index in [9.17, 15) is 10.2 Å². The van der Waals surface area contributed by atoms with Crippen molar-refractivity contribution in [3.05, 3.63) is 72.1 Å². The molecule has 0 aliphatic carbocycles. The molecule has 8 heteroatoms. The van der Waals surface area contributed by atoms with Crippen LogP contribution in [0.3, 0.4) is 0 Å². The highest BCUT2D eigenvalue weighted by Gasteiger charge is 2.44. The number of rotatable bonds is 13. The first kappa shape index (κ1) is 33.8. The van der Waals surface area contributed by atoms with Gasteiger partial charge in [0.1, 0.15) is 11.5 Å². The van der Waals surface area contributed by atoms with E-state index < -0.39 is 12.2 Å². The summed E-state index contributed by atoms with van der Waals surface area (Å²) in [7, 11) is 0. The number of aliphatic hydroxyl groups is 2. The van der Waals surface area contributed by atoms with Crippen LogP contribution in [-0.2, 0) is 0 Å². The number of unbranched alkanes of at least 4 members (excludes halogenated alkanes) is 1. The third-order valence-corrected chi connectivity index (χ3v) is 12.9. The van der Waals surface area contributed by atoms with Gasteiger partial charge in [0.05, 0.1) is 36.5 Å². The van der Waals surface area contributed by atoms with Crippen molar-refractivity contribution in [2.75, 3.05) is 39.4 Å². The number of hydrogen-bond donors (Lipinski definition) is 2. The summed E-state index contributed by atoms with van der Waals surface area (Å²) in [5.74, 6) is 4.57. The Hall–Kier alpha value is -3.30. The molecule has 8 nitrogen and oxygen atoms in total. The number of piperidine rings is 6. The lowest BCUT2D eigenvalue weighted by atomic mass is 9.72. The Labute approximate surface area is 296 Å². The Morgan fingerprint density at radius 3 is 1.54 bits per heavy atom. The number of nitrogens with zero attached hydrogens (tertiary/aromatic N) is 4. The van der Waals surface area contributed by atoms with E-state index in [1.165, 1.54) is 25.7 Å². The summed E-state index contributed by atoms with van der Waals surface area (Å²) in [5.41, 5.74) is 3.68. The molecule has 2 N–H and O–H groups in total. The first-order valence-electron chi connectivity index (χ1n) is 19.4. The van der Waals surface area contributed by atoms with Crippen LogP contribution in [0, 0.1) is 23.7 Å². The molecule has 50 heavy (non-hydrogen) atoms. The summed E-state index contributed by atoms with van der Waals surface area (Å²) in [6, 6.07) is 16.4. The minimum absolute atomic E-state index is 0.168. The number of ether oxygens (including phenoxy) is 2. The third-order valence-electron chi connectivity index (χ3n) is 12.9. The molecule has 4 aromatic rings. The fourth-order valence-electron chi connectivity index (χ4n) is 9.93. The van der Waals surface area contributed by atoms with E-state index in [0.717, 1.165) is 120 Å². The van der Waals surface area contributed by atoms with Crippen LogP contribution in [0.5, 0.6) is 11.5 Å². The molecule has 6 aliphatic heterocycles. The average molecular weight is 679 g/mol. The minimum atomic E-state index is -0.535. The Morgan fingerprint density at radius 2 is 1.14 bits per heavy atom. The van der Waals surface area contributed by atoms with E-state index in [0.29, 0.717) is 13.2 Å². The van der Waals surface area contributed by atoms with Gasteiger partial charge in [-0.2, -0.15) is 0 Å². The van der Waals surface area contributed by atoms with Crippen molar-refractivity contribution in [2.45, 2.75) is 89.5 Å². The van der Waals surface area contributed by atoms with Crippen molar-refractivity contribution in [1.82, 2.24) is 19.8 Å². The lowest BCUT2D eigenvalue weighted by molar-refractivity contribution is -0.0562. The van der Waals surface area contributed by atoms with Crippen LogP contribution in [0.1, 0.15) is 88.5 Å². The third kappa shape index (κ3) is 6.60. The highest BCUT2D eigenvalue weighted by molar-refractivity contribution is 5.84.